The highest BCUT2D eigenvalue weighted by atomic mass is 16.7. The van der Waals surface area contributed by atoms with E-state index in [9.17, 15) is 45.6 Å². The summed E-state index contributed by atoms with van der Waals surface area (Å²) in [5.74, 6) is -0.270. The molecule has 0 radical (unpaired) electrons. The maximum Gasteiger partial charge on any atom is 0.220 e. The maximum atomic E-state index is 13.1. The smallest absolute Gasteiger partial charge is 0.220 e. The standard InChI is InChI=1S/C60H97NO13/c1-3-5-7-9-11-12-13-14-15-16-17-18-19-20-21-22-23-24-25-26-27-28-29-30-31-32-33-34-35-36-38-40-42-44-52(65)61-48(49(64)43-41-39-37-10-8-6-4-2)47-71-59-57(70)55(68)58(51(46-63)73-59)74-60-56(69)54(67)53(66)50(45-62)72-60/h5,7-8,10-12,14-15,17-18,20-21,23-24,26-27,29-30,41,43,48-51,53-60,62-64,66-70H,3-4,6,9,13,16,19,22,25,28,31-40,42,44-47H2,1-2H3,(H,61,65)/b7-5-,10-8+,12-11-,15-14-,18-17-,21-20-,24-23-,27-26-,30-29-,43-41+. The fraction of sp³-hybridized carbons (Fsp3) is 0.650. The largest absolute Gasteiger partial charge is 0.394 e. The van der Waals surface area contributed by atoms with E-state index in [0.717, 1.165) is 103 Å². The number of aliphatic hydroxyl groups excluding tert-OH is 8. The lowest BCUT2D eigenvalue weighted by molar-refractivity contribution is -0.359. The summed E-state index contributed by atoms with van der Waals surface area (Å²) in [4.78, 5) is 13.1. The molecule has 0 aromatic heterocycles. The highest BCUT2D eigenvalue weighted by molar-refractivity contribution is 5.76. The summed E-state index contributed by atoms with van der Waals surface area (Å²) in [5, 5.41) is 86.5. The number of carbonyl (C=O) groups excluding carboxylic acids is 1. The molecule has 2 aliphatic heterocycles. The van der Waals surface area contributed by atoms with Gasteiger partial charge in [-0.2, -0.15) is 0 Å². The van der Waals surface area contributed by atoms with E-state index in [1.807, 2.05) is 6.08 Å². The number of unbranched alkanes of at least 4 members (excludes halogenated alkanes) is 10. The van der Waals surface area contributed by atoms with E-state index in [-0.39, 0.29) is 18.9 Å². The van der Waals surface area contributed by atoms with E-state index in [0.29, 0.717) is 12.8 Å². The fourth-order valence-corrected chi connectivity index (χ4v) is 8.15. The molecule has 0 saturated carbocycles. The molecule has 0 spiro atoms. The molecule has 2 saturated heterocycles. The lowest BCUT2D eigenvalue weighted by Gasteiger charge is -2.46. The van der Waals surface area contributed by atoms with Gasteiger partial charge in [-0.15, -0.1) is 0 Å². The van der Waals surface area contributed by atoms with Crippen molar-refractivity contribution in [3.63, 3.8) is 0 Å². The molecule has 12 unspecified atom stereocenters. The Morgan fingerprint density at radius 1 is 0.500 bits per heavy atom. The fourth-order valence-electron chi connectivity index (χ4n) is 8.15. The van der Waals surface area contributed by atoms with Gasteiger partial charge >= 0.3 is 0 Å². The number of ether oxygens (including phenoxy) is 4. The van der Waals surface area contributed by atoms with Crippen molar-refractivity contribution in [2.45, 2.75) is 229 Å². The van der Waals surface area contributed by atoms with Crippen molar-refractivity contribution in [3.8, 4) is 0 Å². The maximum absolute atomic E-state index is 13.1. The van der Waals surface area contributed by atoms with Gasteiger partial charge in [0.2, 0.25) is 5.91 Å². The van der Waals surface area contributed by atoms with Crippen LogP contribution in [0.4, 0.5) is 0 Å². The molecular weight excluding hydrogens is 943 g/mol. The monoisotopic (exact) mass is 1040 g/mol. The zero-order chi connectivity index (χ0) is 53.9. The first kappa shape index (κ1) is 66.5. The average molecular weight is 1040 g/mol. The van der Waals surface area contributed by atoms with Crippen LogP contribution in [0.25, 0.3) is 0 Å². The van der Waals surface area contributed by atoms with Gasteiger partial charge in [-0.05, 0) is 89.9 Å². The van der Waals surface area contributed by atoms with Gasteiger partial charge in [0, 0.05) is 6.42 Å². The molecule has 2 aliphatic rings. The first-order valence-electron chi connectivity index (χ1n) is 27.8. The zero-order valence-corrected chi connectivity index (χ0v) is 44.8. The molecule has 2 rings (SSSR count). The second-order valence-corrected chi connectivity index (χ2v) is 19.0. The lowest BCUT2D eigenvalue weighted by atomic mass is 9.97. The van der Waals surface area contributed by atoms with Gasteiger partial charge < -0.3 is 65.1 Å². The van der Waals surface area contributed by atoms with Gasteiger partial charge in [-0.3, -0.25) is 4.79 Å². The van der Waals surface area contributed by atoms with Gasteiger partial charge in [0.1, 0.15) is 48.8 Å². The van der Waals surface area contributed by atoms with Crippen LogP contribution in [0.15, 0.2) is 122 Å². The van der Waals surface area contributed by atoms with Gasteiger partial charge in [0.25, 0.3) is 0 Å². The van der Waals surface area contributed by atoms with Crippen LogP contribution in [-0.2, 0) is 23.7 Å². The first-order chi connectivity index (χ1) is 36.1. The highest BCUT2D eigenvalue weighted by Gasteiger charge is 2.51. The minimum Gasteiger partial charge on any atom is -0.394 e. The van der Waals surface area contributed by atoms with Crippen molar-refractivity contribution in [1.29, 1.82) is 0 Å². The summed E-state index contributed by atoms with van der Waals surface area (Å²) < 4.78 is 22.6. The van der Waals surface area contributed by atoms with Crippen molar-refractivity contribution in [3.05, 3.63) is 122 Å². The summed E-state index contributed by atoms with van der Waals surface area (Å²) in [6, 6.07) is -0.941. The Bertz CT molecular complexity index is 1700. The Kier molecular flexibility index (Phi) is 40.0. The number of amides is 1. The molecule has 1 amide bonds. The number of carbonyl (C=O) groups is 1. The molecular formula is C60H97NO13. The zero-order valence-electron chi connectivity index (χ0n) is 44.8. The number of rotatable bonds is 41. The number of hydrogen-bond acceptors (Lipinski definition) is 13. The van der Waals surface area contributed by atoms with Crippen LogP contribution in [0.1, 0.15) is 155 Å². The molecule has 14 heteroatoms. The summed E-state index contributed by atoms with van der Waals surface area (Å²) in [6.07, 6.45) is 47.2. The SMILES string of the molecule is CC/C=C\C/C=C\C/C=C\C/C=C\C/C=C\C/C=C\C/C=C\C/C=C\CCCCCCCCCCC(=O)NC(COC1OC(CO)C(OC2OC(CO)C(O)C(O)C2O)C(O)C1O)C(O)/C=C/CC/C=C/CCC. The molecule has 9 N–H and O–H groups in total. The quantitative estimate of drug-likeness (QED) is 0.0207. The van der Waals surface area contributed by atoms with Crippen LogP contribution in [0.3, 0.4) is 0 Å². The number of nitrogens with one attached hydrogen (secondary N) is 1. The van der Waals surface area contributed by atoms with Gasteiger partial charge in [0.15, 0.2) is 12.6 Å². The van der Waals surface area contributed by atoms with E-state index >= 15 is 0 Å². The Morgan fingerprint density at radius 3 is 1.47 bits per heavy atom. The van der Waals surface area contributed by atoms with Crippen molar-refractivity contribution < 1.29 is 64.6 Å². The van der Waals surface area contributed by atoms with Gasteiger partial charge in [-0.1, -0.05) is 180 Å². The molecule has 0 bridgehead atoms. The van der Waals surface area contributed by atoms with E-state index in [2.05, 4.69) is 129 Å². The normalized spacial score (nSPS) is 26.2. The van der Waals surface area contributed by atoms with Crippen LogP contribution in [0, 0.1) is 0 Å². The first-order valence-corrected chi connectivity index (χ1v) is 27.8. The molecule has 12 atom stereocenters. The van der Waals surface area contributed by atoms with Crippen molar-refractivity contribution >= 4 is 5.91 Å². The van der Waals surface area contributed by atoms with Crippen LogP contribution in [-0.4, -0.2) is 140 Å². The summed E-state index contributed by atoms with van der Waals surface area (Å²) in [6.45, 7) is 2.50. The van der Waals surface area contributed by atoms with E-state index in [1.54, 1.807) is 6.08 Å². The molecule has 0 aromatic carbocycles. The Morgan fingerprint density at radius 2 is 0.946 bits per heavy atom. The number of hydrogen-bond donors (Lipinski definition) is 9. The Balaban J connectivity index is 1.64. The minimum atomic E-state index is -1.80. The van der Waals surface area contributed by atoms with Crippen LogP contribution < -0.4 is 5.32 Å². The van der Waals surface area contributed by atoms with Gasteiger partial charge in [-0.25, -0.2) is 0 Å². The highest BCUT2D eigenvalue weighted by Crippen LogP contribution is 2.30. The van der Waals surface area contributed by atoms with Crippen molar-refractivity contribution in [2.24, 2.45) is 0 Å². The summed E-state index contributed by atoms with van der Waals surface area (Å²) in [5.41, 5.74) is 0. The average Bonchev–Trinajstić information content (AvgIpc) is 3.40. The molecule has 0 aromatic rings. The number of allylic oxidation sites excluding steroid dienone is 19. The van der Waals surface area contributed by atoms with E-state index in [4.69, 9.17) is 18.9 Å². The summed E-state index contributed by atoms with van der Waals surface area (Å²) >= 11 is 0. The molecule has 420 valence electrons. The predicted molar refractivity (Wildman–Crippen MR) is 295 cm³/mol. The van der Waals surface area contributed by atoms with Crippen LogP contribution in [0.2, 0.25) is 0 Å². The predicted octanol–water partition coefficient (Wildman–Crippen LogP) is 8.66. The second-order valence-electron chi connectivity index (χ2n) is 19.0. The third kappa shape index (κ3) is 30.2. The molecule has 2 fully saturated rings. The molecule has 2 heterocycles. The second kappa shape index (κ2) is 44.5. The third-order valence-electron chi connectivity index (χ3n) is 12.6. The molecule has 0 aliphatic carbocycles. The van der Waals surface area contributed by atoms with E-state index in [1.165, 1.54) is 19.3 Å². The Hall–Kier alpha value is -3.61. The van der Waals surface area contributed by atoms with Crippen LogP contribution in [0.5, 0.6) is 0 Å². The van der Waals surface area contributed by atoms with Gasteiger partial charge in [0.05, 0.1) is 32.0 Å². The molecule has 74 heavy (non-hydrogen) atoms. The molecule has 14 nitrogen and oxygen atoms in total. The number of aliphatic hydroxyl groups is 8. The third-order valence-corrected chi connectivity index (χ3v) is 12.6. The summed E-state index contributed by atoms with van der Waals surface area (Å²) in [7, 11) is 0. The Labute approximate surface area is 444 Å². The van der Waals surface area contributed by atoms with E-state index < -0.39 is 86.8 Å². The lowest BCUT2D eigenvalue weighted by Crippen LogP contribution is -2.65. The van der Waals surface area contributed by atoms with Crippen molar-refractivity contribution in [1.82, 2.24) is 5.32 Å². The minimum absolute atomic E-state index is 0.254. The topological polar surface area (TPSA) is 228 Å². The van der Waals surface area contributed by atoms with Crippen molar-refractivity contribution in [2.75, 3.05) is 19.8 Å². The van der Waals surface area contributed by atoms with Crippen LogP contribution >= 0.6 is 0 Å².